The van der Waals surface area contributed by atoms with E-state index in [2.05, 4.69) is 17.3 Å². The van der Waals surface area contributed by atoms with E-state index < -0.39 is 0 Å². The SMILES string of the molecule is COc1cc2c(cc1O)[C@@H](Cc1ccc(Oc3cc(C[C@H]4NCCc5cc(OC)c(O)cc54)ccc3O)cc1)N(C)CC2. The van der Waals surface area contributed by atoms with Crippen molar-refractivity contribution in [3.8, 4) is 40.2 Å². The number of ether oxygens (including phenoxy) is 3. The van der Waals surface area contributed by atoms with E-state index in [0.29, 0.717) is 29.4 Å². The summed E-state index contributed by atoms with van der Waals surface area (Å²) < 4.78 is 16.8. The van der Waals surface area contributed by atoms with Crippen LogP contribution in [0.4, 0.5) is 0 Å². The zero-order valence-electron chi connectivity index (χ0n) is 24.8. The summed E-state index contributed by atoms with van der Waals surface area (Å²) in [6.45, 7) is 1.76. The maximum absolute atomic E-state index is 10.6. The normalized spacial score (nSPS) is 18.0. The molecule has 0 bridgehead atoms. The van der Waals surface area contributed by atoms with E-state index in [4.69, 9.17) is 14.2 Å². The second kappa shape index (κ2) is 12.1. The Balaban J connectivity index is 1.16. The van der Waals surface area contributed by atoms with Crippen LogP contribution in [0.3, 0.4) is 0 Å². The van der Waals surface area contributed by atoms with Crippen LogP contribution in [0.5, 0.6) is 40.2 Å². The summed E-state index contributed by atoms with van der Waals surface area (Å²) in [5.74, 6) is 2.39. The second-order valence-electron chi connectivity index (χ2n) is 11.4. The first-order valence-electron chi connectivity index (χ1n) is 14.6. The van der Waals surface area contributed by atoms with E-state index in [1.807, 2.05) is 54.6 Å². The van der Waals surface area contributed by atoms with Gasteiger partial charge in [0.05, 0.1) is 14.2 Å². The van der Waals surface area contributed by atoms with E-state index >= 15 is 0 Å². The van der Waals surface area contributed by atoms with Crippen LogP contribution >= 0.6 is 0 Å². The van der Waals surface area contributed by atoms with Crippen molar-refractivity contribution < 1.29 is 29.5 Å². The van der Waals surface area contributed by atoms with Crippen LogP contribution in [0.15, 0.2) is 66.7 Å². The number of nitrogens with zero attached hydrogens (tertiary/aromatic N) is 1. The van der Waals surface area contributed by atoms with Gasteiger partial charge in [0, 0.05) is 18.6 Å². The highest BCUT2D eigenvalue weighted by molar-refractivity contribution is 5.51. The van der Waals surface area contributed by atoms with Crippen LogP contribution in [-0.4, -0.2) is 54.6 Å². The lowest BCUT2D eigenvalue weighted by molar-refractivity contribution is 0.228. The van der Waals surface area contributed by atoms with Gasteiger partial charge in [-0.05, 0) is 121 Å². The van der Waals surface area contributed by atoms with Crippen molar-refractivity contribution >= 4 is 0 Å². The molecule has 0 fully saturated rings. The van der Waals surface area contributed by atoms with E-state index in [9.17, 15) is 15.3 Å². The maximum Gasteiger partial charge on any atom is 0.169 e. The quantitative estimate of drug-likeness (QED) is 0.206. The summed E-state index contributed by atoms with van der Waals surface area (Å²) in [5, 5.41) is 34.9. The molecule has 2 heterocycles. The molecule has 2 aliphatic rings. The lowest BCUT2D eigenvalue weighted by Gasteiger charge is -2.35. The Labute approximate surface area is 252 Å². The molecule has 0 saturated carbocycles. The topological polar surface area (TPSA) is 104 Å². The molecule has 0 aromatic heterocycles. The van der Waals surface area contributed by atoms with Crippen molar-refractivity contribution in [2.75, 3.05) is 34.4 Å². The number of aromatic hydroxyl groups is 3. The molecule has 2 aliphatic heterocycles. The summed E-state index contributed by atoms with van der Waals surface area (Å²) >= 11 is 0. The average Bonchev–Trinajstić information content (AvgIpc) is 3.01. The molecule has 0 aliphatic carbocycles. The van der Waals surface area contributed by atoms with E-state index in [1.165, 1.54) is 5.56 Å². The molecule has 0 saturated heterocycles. The number of hydrogen-bond acceptors (Lipinski definition) is 8. The molecule has 0 spiro atoms. The van der Waals surface area contributed by atoms with Crippen molar-refractivity contribution in [3.63, 3.8) is 0 Å². The summed E-state index contributed by atoms with van der Waals surface area (Å²) in [4.78, 5) is 2.32. The number of phenolic OH excluding ortho intramolecular Hbond substituents is 3. The van der Waals surface area contributed by atoms with Gasteiger partial charge in [0.1, 0.15) is 5.75 Å². The van der Waals surface area contributed by atoms with Crippen molar-refractivity contribution in [1.82, 2.24) is 10.2 Å². The summed E-state index contributed by atoms with van der Waals surface area (Å²) in [6, 6.07) is 21.0. The highest BCUT2D eigenvalue weighted by Gasteiger charge is 2.27. The number of nitrogens with one attached hydrogen (secondary N) is 1. The Bertz CT molecular complexity index is 1620. The van der Waals surface area contributed by atoms with Gasteiger partial charge >= 0.3 is 0 Å². The number of benzene rings is 4. The van der Waals surface area contributed by atoms with E-state index in [0.717, 1.165) is 60.2 Å². The molecular weight excluding hydrogens is 544 g/mol. The maximum atomic E-state index is 10.6. The second-order valence-corrected chi connectivity index (χ2v) is 11.4. The van der Waals surface area contributed by atoms with E-state index in [-0.39, 0.29) is 29.3 Å². The fraction of sp³-hybridized carbons (Fsp3) is 0.314. The third-order valence-electron chi connectivity index (χ3n) is 8.71. The van der Waals surface area contributed by atoms with Crippen LogP contribution in [0.2, 0.25) is 0 Å². The average molecular weight is 583 g/mol. The van der Waals surface area contributed by atoms with Gasteiger partial charge in [-0.1, -0.05) is 18.2 Å². The molecule has 224 valence electrons. The Morgan fingerprint density at radius 1 is 0.721 bits per heavy atom. The van der Waals surface area contributed by atoms with Crippen LogP contribution in [0, 0.1) is 0 Å². The van der Waals surface area contributed by atoms with E-state index in [1.54, 1.807) is 26.4 Å². The smallest absolute Gasteiger partial charge is 0.169 e. The number of fused-ring (bicyclic) bond motifs is 2. The van der Waals surface area contributed by atoms with Gasteiger partial charge in [-0.2, -0.15) is 0 Å². The van der Waals surface area contributed by atoms with Crippen LogP contribution < -0.4 is 19.5 Å². The van der Waals surface area contributed by atoms with Gasteiger partial charge in [0.25, 0.3) is 0 Å². The minimum Gasteiger partial charge on any atom is -0.504 e. The van der Waals surface area contributed by atoms with Gasteiger partial charge in [-0.15, -0.1) is 0 Å². The molecule has 4 N–H and O–H groups in total. The standard InChI is InChI=1S/C35H38N2O6/c1-37-13-11-24-18-34(42-3)32(40)20-27(24)29(37)15-21-4-7-25(8-5-21)43-35-16-22(6-9-30(35)38)14-28-26-19-31(39)33(41-2)17-23(26)10-12-36-28/h4-9,16-20,28-29,36,38-40H,10-15H2,1-3H3/t28-,29-/m1/s1. The number of likely N-dealkylation sites (N-methyl/N-ethyl adjacent to an activating group) is 1. The lowest BCUT2D eigenvalue weighted by atomic mass is 9.88. The van der Waals surface area contributed by atoms with Gasteiger partial charge in [0.15, 0.2) is 34.5 Å². The zero-order chi connectivity index (χ0) is 30.1. The molecule has 2 atom stereocenters. The Morgan fingerprint density at radius 3 is 2.07 bits per heavy atom. The molecule has 8 heteroatoms. The number of phenols is 3. The Kier molecular flexibility index (Phi) is 8.06. The molecular formula is C35H38N2O6. The summed E-state index contributed by atoms with van der Waals surface area (Å²) in [7, 11) is 5.25. The fourth-order valence-corrected chi connectivity index (χ4v) is 6.32. The van der Waals surface area contributed by atoms with Crippen LogP contribution in [0.25, 0.3) is 0 Å². The first-order valence-corrected chi connectivity index (χ1v) is 14.6. The van der Waals surface area contributed by atoms with Gasteiger partial charge in [0.2, 0.25) is 0 Å². The highest BCUT2D eigenvalue weighted by atomic mass is 16.5. The predicted octanol–water partition coefficient (Wildman–Crippen LogP) is 5.81. The lowest BCUT2D eigenvalue weighted by Crippen LogP contribution is -2.33. The fourth-order valence-electron chi connectivity index (χ4n) is 6.32. The third-order valence-corrected chi connectivity index (χ3v) is 8.71. The minimum absolute atomic E-state index is 0.0169. The molecule has 8 nitrogen and oxygen atoms in total. The Hall–Kier alpha value is -4.40. The predicted molar refractivity (Wildman–Crippen MR) is 165 cm³/mol. The number of hydrogen-bond donors (Lipinski definition) is 4. The molecule has 0 amide bonds. The largest absolute Gasteiger partial charge is 0.504 e. The van der Waals surface area contributed by atoms with Gasteiger partial charge < -0.3 is 34.8 Å². The first-order chi connectivity index (χ1) is 20.8. The molecule has 0 radical (unpaired) electrons. The summed E-state index contributed by atoms with van der Waals surface area (Å²) in [5.41, 5.74) is 6.69. The summed E-state index contributed by atoms with van der Waals surface area (Å²) in [6.07, 6.45) is 3.23. The molecule has 6 rings (SSSR count). The monoisotopic (exact) mass is 582 g/mol. The van der Waals surface area contributed by atoms with Crippen LogP contribution in [-0.2, 0) is 25.7 Å². The Morgan fingerprint density at radius 2 is 1.37 bits per heavy atom. The molecule has 4 aromatic rings. The number of methoxy groups -OCH3 is 2. The van der Waals surface area contributed by atoms with Crippen molar-refractivity contribution in [2.45, 2.75) is 37.8 Å². The third kappa shape index (κ3) is 5.94. The van der Waals surface area contributed by atoms with Gasteiger partial charge in [-0.25, -0.2) is 0 Å². The van der Waals surface area contributed by atoms with Crippen molar-refractivity contribution in [3.05, 3.63) is 100 Å². The molecule has 0 unspecified atom stereocenters. The van der Waals surface area contributed by atoms with Gasteiger partial charge in [-0.3, -0.25) is 4.90 Å². The first kappa shape index (κ1) is 28.7. The molecule has 4 aromatic carbocycles. The highest BCUT2D eigenvalue weighted by Crippen LogP contribution is 2.40. The zero-order valence-corrected chi connectivity index (χ0v) is 24.8. The van der Waals surface area contributed by atoms with Crippen molar-refractivity contribution in [1.29, 1.82) is 0 Å². The number of rotatable bonds is 8. The van der Waals surface area contributed by atoms with Crippen molar-refractivity contribution in [2.24, 2.45) is 0 Å². The molecule has 43 heavy (non-hydrogen) atoms. The minimum atomic E-state index is 0.0169. The van der Waals surface area contributed by atoms with Crippen LogP contribution in [0.1, 0.15) is 45.5 Å².